The summed E-state index contributed by atoms with van der Waals surface area (Å²) < 4.78 is 10.6. The van der Waals surface area contributed by atoms with Gasteiger partial charge in [0.1, 0.15) is 17.9 Å². The highest BCUT2D eigenvalue weighted by Crippen LogP contribution is 2.39. The van der Waals surface area contributed by atoms with Crippen molar-refractivity contribution in [1.82, 2.24) is 20.4 Å². The number of aryl methyl sites for hydroxylation is 2. The van der Waals surface area contributed by atoms with E-state index in [2.05, 4.69) is 32.7 Å². The van der Waals surface area contributed by atoms with Gasteiger partial charge in [-0.1, -0.05) is 5.16 Å². The predicted molar refractivity (Wildman–Crippen MR) is 90.2 cm³/mol. The number of aromatic nitrogens is 3. The molecular weight excluding hydrogens is 322 g/mol. The van der Waals surface area contributed by atoms with Gasteiger partial charge in [-0.2, -0.15) is 4.98 Å². The van der Waals surface area contributed by atoms with Crippen LogP contribution in [-0.2, 0) is 6.54 Å². The Labute approximate surface area is 144 Å². The van der Waals surface area contributed by atoms with Crippen LogP contribution in [0.15, 0.2) is 21.3 Å². The molecule has 2 N–H and O–H groups in total. The molecule has 4 rings (SSSR count). The molecule has 25 heavy (non-hydrogen) atoms. The first-order chi connectivity index (χ1) is 11.9. The fraction of sp³-hybridized carbons (Fsp3) is 0.412. The van der Waals surface area contributed by atoms with Gasteiger partial charge in [-0.15, -0.1) is 0 Å². The van der Waals surface area contributed by atoms with Crippen molar-refractivity contribution in [2.24, 2.45) is 0 Å². The monoisotopic (exact) mass is 341 g/mol. The molecule has 0 atom stereocenters. The molecule has 1 fully saturated rings. The molecule has 8 heteroatoms. The van der Waals surface area contributed by atoms with E-state index in [1.165, 1.54) is 6.26 Å². The Kier molecular flexibility index (Phi) is 3.48. The predicted octanol–water partition coefficient (Wildman–Crippen LogP) is 2.72. The normalized spacial score (nSPS) is 15.3. The van der Waals surface area contributed by atoms with E-state index in [4.69, 9.17) is 8.94 Å². The number of hydrogen-bond donors (Lipinski definition) is 2. The molecule has 0 spiro atoms. The third-order valence-electron chi connectivity index (χ3n) is 4.31. The van der Waals surface area contributed by atoms with Gasteiger partial charge in [-0.25, -0.2) is 4.98 Å². The molecule has 1 saturated carbocycles. The number of fused-ring (bicyclic) bond motifs is 1. The average molecular weight is 341 g/mol. The standard InChI is InChI=1S/C17H19N5O3/c1-9-6-11(25-22-9)7-18-15(23)12-8-24-16-13(12)14(19-10(2)20-16)21-17(3)4-5-17/h6,8H,4-5,7H2,1-3H3,(H,18,23)(H,19,20,21). The molecule has 0 aromatic carbocycles. The lowest BCUT2D eigenvalue weighted by Crippen LogP contribution is -2.23. The molecule has 0 radical (unpaired) electrons. The average Bonchev–Trinajstić information content (AvgIpc) is 2.97. The second kappa shape index (κ2) is 5.58. The summed E-state index contributed by atoms with van der Waals surface area (Å²) in [4.78, 5) is 21.4. The van der Waals surface area contributed by atoms with Crippen LogP contribution in [0.4, 0.5) is 5.82 Å². The number of nitrogens with one attached hydrogen (secondary N) is 2. The van der Waals surface area contributed by atoms with Crippen LogP contribution < -0.4 is 10.6 Å². The van der Waals surface area contributed by atoms with E-state index < -0.39 is 0 Å². The third-order valence-corrected chi connectivity index (χ3v) is 4.31. The summed E-state index contributed by atoms with van der Waals surface area (Å²) >= 11 is 0. The summed E-state index contributed by atoms with van der Waals surface area (Å²) in [5, 5.41) is 10.6. The zero-order valence-corrected chi connectivity index (χ0v) is 14.3. The highest BCUT2D eigenvalue weighted by atomic mass is 16.5. The lowest BCUT2D eigenvalue weighted by Gasteiger charge is -2.13. The van der Waals surface area contributed by atoms with Gasteiger partial charge in [0.2, 0.25) is 5.71 Å². The molecule has 1 aliphatic rings. The van der Waals surface area contributed by atoms with Crippen molar-refractivity contribution in [1.29, 1.82) is 0 Å². The van der Waals surface area contributed by atoms with Crippen LogP contribution in [0, 0.1) is 13.8 Å². The van der Waals surface area contributed by atoms with E-state index in [9.17, 15) is 4.79 Å². The quantitative estimate of drug-likeness (QED) is 0.735. The summed E-state index contributed by atoms with van der Waals surface area (Å²) in [5.74, 6) is 1.55. The van der Waals surface area contributed by atoms with Crippen LogP contribution >= 0.6 is 0 Å². The Balaban J connectivity index is 1.63. The first-order valence-electron chi connectivity index (χ1n) is 8.18. The number of carbonyl (C=O) groups excluding carboxylic acids is 1. The molecule has 0 aliphatic heterocycles. The molecule has 0 unspecified atom stereocenters. The van der Waals surface area contributed by atoms with E-state index in [0.717, 1.165) is 18.5 Å². The Bertz CT molecular complexity index is 955. The minimum absolute atomic E-state index is 0.0239. The van der Waals surface area contributed by atoms with E-state index >= 15 is 0 Å². The van der Waals surface area contributed by atoms with E-state index in [1.807, 2.05) is 6.92 Å². The maximum Gasteiger partial charge on any atom is 0.255 e. The first kappa shape index (κ1) is 15.6. The van der Waals surface area contributed by atoms with Crippen LogP contribution in [0.2, 0.25) is 0 Å². The van der Waals surface area contributed by atoms with Crippen molar-refractivity contribution >= 4 is 22.8 Å². The molecule has 130 valence electrons. The highest BCUT2D eigenvalue weighted by molar-refractivity contribution is 6.08. The van der Waals surface area contributed by atoms with Crippen molar-refractivity contribution < 1.29 is 13.7 Å². The first-order valence-corrected chi connectivity index (χ1v) is 8.18. The fourth-order valence-electron chi connectivity index (χ4n) is 2.67. The molecule has 1 aliphatic carbocycles. The van der Waals surface area contributed by atoms with Gasteiger partial charge in [0, 0.05) is 11.6 Å². The van der Waals surface area contributed by atoms with Crippen LogP contribution in [0.5, 0.6) is 0 Å². The second-order valence-electron chi connectivity index (χ2n) is 6.75. The Morgan fingerprint density at radius 2 is 2.12 bits per heavy atom. The minimum atomic E-state index is -0.274. The number of rotatable bonds is 5. The van der Waals surface area contributed by atoms with Gasteiger partial charge in [-0.05, 0) is 33.6 Å². The van der Waals surface area contributed by atoms with Crippen LogP contribution in [0.1, 0.15) is 47.4 Å². The maximum atomic E-state index is 12.6. The van der Waals surface area contributed by atoms with E-state index in [-0.39, 0.29) is 18.0 Å². The van der Waals surface area contributed by atoms with Crippen molar-refractivity contribution in [3.8, 4) is 0 Å². The smallest absolute Gasteiger partial charge is 0.255 e. The van der Waals surface area contributed by atoms with Crippen molar-refractivity contribution in [2.75, 3.05) is 5.32 Å². The molecule has 3 heterocycles. The topological polar surface area (TPSA) is 106 Å². The minimum Gasteiger partial charge on any atom is -0.445 e. The van der Waals surface area contributed by atoms with Gasteiger partial charge in [0.15, 0.2) is 5.76 Å². The fourth-order valence-corrected chi connectivity index (χ4v) is 2.67. The van der Waals surface area contributed by atoms with Crippen molar-refractivity contribution in [3.05, 3.63) is 35.2 Å². The largest absolute Gasteiger partial charge is 0.445 e. The number of anilines is 1. The highest BCUT2D eigenvalue weighted by Gasteiger charge is 2.38. The van der Waals surface area contributed by atoms with Crippen molar-refractivity contribution in [3.63, 3.8) is 0 Å². The van der Waals surface area contributed by atoms with Gasteiger partial charge >= 0.3 is 0 Å². The summed E-state index contributed by atoms with van der Waals surface area (Å²) in [6, 6.07) is 1.78. The lowest BCUT2D eigenvalue weighted by atomic mass is 10.2. The number of nitrogens with zero attached hydrogens (tertiary/aromatic N) is 3. The zero-order valence-electron chi connectivity index (χ0n) is 14.3. The van der Waals surface area contributed by atoms with Gasteiger partial charge in [-0.3, -0.25) is 4.79 Å². The Morgan fingerprint density at radius 1 is 1.32 bits per heavy atom. The number of hydrogen-bond acceptors (Lipinski definition) is 7. The van der Waals surface area contributed by atoms with Gasteiger partial charge < -0.3 is 19.6 Å². The molecule has 0 bridgehead atoms. The molecule has 3 aromatic rings. The maximum absolute atomic E-state index is 12.6. The Morgan fingerprint density at radius 3 is 2.80 bits per heavy atom. The van der Waals surface area contributed by atoms with Gasteiger partial charge in [0.05, 0.1) is 23.2 Å². The third kappa shape index (κ3) is 3.07. The zero-order chi connectivity index (χ0) is 17.6. The summed E-state index contributed by atoms with van der Waals surface area (Å²) in [6.45, 7) is 6.00. The summed E-state index contributed by atoms with van der Waals surface area (Å²) in [7, 11) is 0. The van der Waals surface area contributed by atoms with Crippen molar-refractivity contribution in [2.45, 2.75) is 45.7 Å². The summed E-state index contributed by atoms with van der Waals surface area (Å²) in [6.07, 6.45) is 3.56. The number of furan rings is 1. The second-order valence-corrected chi connectivity index (χ2v) is 6.75. The van der Waals surface area contributed by atoms with Crippen LogP contribution in [0.3, 0.4) is 0 Å². The van der Waals surface area contributed by atoms with Crippen LogP contribution in [0.25, 0.3) is 11.1 Å². The lowest BCUT2D eigenvalue weighted by molar-refractivity contribution is 0.0948. The van der Waals surface area contributed by atoms with E-state index in [1.54, 1.807) is 13.0 Å². The Hall–Kier alpha value is -2.90. The molecule has 0 saturated heterocycles. The van der Waals surface area contributed by atoms with Gasteiger partial charge in [0.25, 0.3) is 5.91 Å². The number of amides is 1. The molecular formula is C17H19N5O3. The SMILES string of the molecule is Cc1cc(CNC(=O)c2coc3nc(C)nc(NC4(C)CC4)c23)on1. The molecule has 3 aromatic heterocycles. The number of carbonyl (C=O) groups is 1. The summed E-state index contributed by atoms with van der Waals surface area (Å²) in [5.41, 5.74) is 1.60. The molecule has 1 amide bonds. The van der Waals surface area contributed by atoms with Crippen LogP contribution in [-0.4, -0.2) is 26.6 Å². The van der Waals surface area contributed by atoms with E-state index in [0.29, 0.717) is 34.1 Å². The molecule has 8 nitrogen and oxygen atoms in total.